The average Bonchev–Trinajstić information content (AvgIpc) is 3.09. The Bertz CT molecular complexity index is 1130. The normalized spacial score (nSPS) is 12.1. The highest BCUT2D eigenvalue weighted by Gasteiger charge is 2.29. The molecular weight excluding hydrogens is 406 g/mol. The molecule has 0 aliphatic rings. The second-order valence-corrected chi connectivity index (χ2v) is 10.0. The molecule has 32 heavy (non-hydrogen) atoms. The van der Waals surface area contributed by atoms with Crippen LogP contribution in [-0.4, -0.2) is 37.5 Å². The van der Waals surface area contributed by atoms with Crippen LogP contribution in [0.2, 0.25) is 0 Å². The summed E-state index contributed by atoms with van der Waals surface area (Å²) in [5, 5.41) is 25.0. The lowest BCUT2D eigenvalue weighted by Gasteiger charge is -2.33. The Morgan fingerprint density at radius 3 is 2.16 bits per heavy atom. The van der Waals surface area contributed by atoms with Crippen molar-refractivity contribution >= 4 is 22.8 Å². The Morgan fingerprint density at radius 1 is 1.00 bits per heavy atom. The zero-order valence-corrected chi connectivity index (χ0v) is 19.5. The van der Waals surface area contributed by atoms with Crippen molar-refractivity contribution in [3.8, 4) is 11.4 Å². The molecule has 3 N–H and O–H groups in total. The molecule has 1 aromatic heterocycles. The summed E-state index contributed by atoms with van der Waals surface area (Å²) in [5.74, 6) is -1.51. The van der Waals surface area contributed by atoms with Gasteiger partial charge in [0.05, 0.1) is 0 Å². The molecule has 0 aliphatic heterocycles. The van der Waals surface area contributed by atoms with Crippen molar-refractivity contribution in [2.75, 3.05) is 0 Å². The Hall–Kier alpha value is -3.42. The topological polar surface area (TPSA) is 109 Å². The molecule has 3 aromatic rings. The van der Waals surface area contributed by atoms with Gasteiger partial charge in [-0.05, 0) is 56.4 Å². The van der Waals surface area contributed by atoms with Gasteiger partial charge in [-0.1, -0.05) is 39.0 Å². The second-order valence-electron chi connectivity index (χ2n) is 10.0. The molecule has 8 heteroatoms. The highest BCUT2D eigenvalue weighted by molar-refractivity contribution is 6.35. The van der Waals surface area contributed by atoms with E-state index in [1.54, 1.807) is 12.1 Å². The molecule has 0 saturated heterocycles. The Balaban J connectivity index is 1.74. The van der Waals surface area contributed by atoms with Gasteiger partial charge < -0.3 is 15.7 Å². The van der Waals surface area contributed by atoms with Gasteiger partial charge in [0.25, 0.3) is 0 Å². The maximum atomic E-state index is 12.4. The summed E-state index contributed by atoms with van der Waals surface area (Å²) in [7, 11) is 0. The van der Waals surface area contributed by atoms with E-state index in [0.29, 0.717) is 28.7 Å². The molecule has 170 valence electrons. The van der Waals surface area contributed by atoms with Crippen LogP contribution in [0.15, 0.2) is 36.4 Å². The number of hydrogen-bond donors (Lipinski definition) is 3. The lowest BCUT2D eigenvalue weighted by Crippen LogP contribution is -2.51. The number of nitrogens with one attached hydrogen (secondary N) is 2. The van der Waals surface area contributed by atoms with E-state index in [-0.39, 0.29) is 17.7 Å². The van der Waals surface area contributed by atoms with Gasteiger partial charge in [0.2, 0.25) is 0 Å². The number of aromatic hydroxyl groups is 1. The lowest BCUT2D eigenvalue weighted by atomic mass is 9.82. The standard InChI is InChI=1S/C24H31N5O3/c1-15-11-16(13-25-21(31)22(32)26-24(5,6)14-23(2,3)4)20(30)19(12-15)29-27-17-9-7-8-10-18(17)28-29/h7-12,30H,13-14H2,1-6H3,(H,25,31)(H,26,32). The maximum Gasteiger partial charge on any atom is 0.309 e. The Kier molecular flexibility index (Phi) is 6.25. The van der Waals surface area contributed by atoms with Crippen molar-refractivity contribution in [3.05, 3.63) is 47.5 Å². The summed E-state index contributed by atoms with van der Waals surface area (Å²) in [6.45, 7) is 11.9. The zero-order chi connectivity index (χ0) is 23.7. The molecule has 0 bridgehead atoms. The van der Waals surface area contributed by atoms with Gasteiger partial charge in [-0.15, -0.1) is 15.0 Å². The molecule has 0 saturated carbocycles. The van der Waals surface area contributed by atoms with Gasteiger partial charge in [-0.2, -0.15) is 0 Å². The number of nitrogens with zero attached hydrogens (tertiary/aromatic N) is 3. The number of hydrogen-bond acceptors (Lipinski definition) is 5. The van der Waals surface area contributed by atoms with E-state index >= 15 is 0 Å². The zero-order valence-electron chi connectivity index (χ0n) is 19.5. The highest BCUT2D eigenvalue weighted by Crippen LogP contribution is 2.28. The smallest absolute Gasteiger partial charge is 0.309 e. The van der Waals surface area contributed by atoms with Crippen molar-refractivity contribution in [2.45, 2.75) is 60.0 Å². The number of benzene rings is 2. The van der Waals surface area contributed by atoms with E-state index < -0.39 is 17.4 Å². The fraction of sp³-hybridized carbons (Fsp3) is 0.417. The van der Waals surface area contributed by atoms with E-state index in [1.807, 2.05) is 45.0 Å². The molecule has 0 radical (unpaired) electrons. The summed E-state index contributed by atoms with van der Waals surface area (Å²) in [4.78, 5) is 26.2. The Morgan fingerprint density at radius 2 is 1.59 bits per heavy atom. The summed E-state index contributed by atoms with van der Waals surface area (Å²) in [6.07, 6.45) is 0.715. The number of rotatable bonds is 5. The van der Waals surface area contributed by atoms with Gasteiger partial charge in [0, 0.05) is 17.6 Å². The van der Waals surface area contributed by atoms with Crippen LogP contribution in [0, 0.1) is 12.3 Å². The van der Waals surface area contributed by atoms with Crippen LogP contribution in [0.4, 0.5) is 0 Å². The van der Waals surface area contributed by atoms with E-state index in [0.717, 1.165) is 5.56 Å². The molecule has 0 unspecified atom stereocenters. The molecule has 0 spiro atoms. The quantitative estimate of drug-likeness (QED) is 0.530. The van der Waals surface area contributed by atoms with Crippen LogP contribution in [0.5, 0.6) is 5.75 Å². The predicted octanol–water partition coefficient (Wildman–Crippen LogP) is 3.38. The van der Waals surface area contributed by atoms with Crippen molar-refractivity contribution in [1.82, 2.24) is 25.6 Å². The van der Waals surface area contributed by atoms with Crippen molar-refractivity contribution < 1.29 is 14.7 Å². The number of aryl methyl sites for hydroxylation is 1. The van der Waals surface area contributed by atoms with Crippen molar-refractivity contribution in [1.29, 1.82) is 0 Å². The molecular formula is C24H31N5O3. The molecule has 8 nitrogen and oxygen atoms in total. The van der Waals surface area contributed by atoms with Crippen LogP contribution in [0.25, 0.3) is 16.7 Å². The number of carbonyl (C=O) groups excluding carboxylic acids is 2. The minimum absolute atomic E-state index is 0.00233. The molecule has 0 atom stereocenters. The number of phenolic OH excluding ortho intramolecular Hbond substituents is 1. The van der Waals surface area contributed by atoms with E-state index in [4.69, 9.17) is 0 Å². The second kappa shape index (κ2) is 8.61. The van der Waals surface area contributed by atoms with E-state index in [1.165, 1.54) is 4.80 Å². The monoisotopic (exact) mass is 437 g/mol. The average molecular weight is 438 g/mol. The summed E-state index contributed by atoms with van der Waals surface area (Å²) in [5.41, 5.74) is 2.62. The maximum absolute atomic E-state index is 12.4. The van der Waals surface area contributed by atoms with Crippen LogP contribution in [0.3, 0.4) is 0 Å². The summed E-state index contributed by atoms with van der Waals surface area (Å²) >= 11 is 0. The first-order chi connectivity index (χ1) is 14.8. The Labute approximate surface area is 188 Å². The SMILES string of the molecule is Cc1cc(CNC(=O)C(=O)NC(C)(C)CC(C)(C)C)c(O)c(-n2nc3ccccc3n2)c1. The van der Waals surface area contributed by atoms with Gasteiger partial charge >= 0.3 is 11.8 Å². The first-order valence-electron chi connectivity index (χ1n) is 10.6. The van der Waals surface area contributed by atoms with E-state index in [9.17, 15) is 14.7 Å². The fourth-order valence-electron chi connectivity index (χ4n) is 4.08. The van der Waals surface area contributed by atoms with Crippen LogP contribution < -0.4 is 10.6 Å². The first kappa shape index (κ1) is 23.2. The third kappa shape index (κ3) is 5.63. The molecule has 2 aromatic carbocycles. The van der Waals surface area contributed by atoms with Gasteiger partial charge in [-0.25, -0.2) is 0 Å². The number of carbonyl (C=O) groups is 2. The van der Waals surface area contributed by atoms with Crippen LogP contribution in [-0.2, 0) is 16.1 Å². The first-order valence-corrected chi connectivity index (χ1v) is 10.6. The summed E-state index contributed by atoms with van der Waals surface area (Å²) in [6, 6.07) is 10.9. The number of phenols is 1. The predicted molar refractivity (Wildman–Crippen MR) is 123 cm³/mol. The highest BCUT2D eigenvalue weighted by atomic mass is 16.3. The third-order valence-corrected chi connectivity index (χ3v) is 4.89. The number of amides is 2. The van der Waals surface area contributed by atoms with E-state index in [2.05, 4.69) is 41.6 Å². The number of fused-ring (bicyclic) bond motifs is 1. The number of aromatic nitrogens is 3. The van der Waals surface area contributed by atoms with Crippen molar-refractivity contribution in [3.63, 3.8) is 0 Å². The van der Waals surface area contributed by atoms with Crippen LogP contribution in [0.1, 0.15) is 52.2 Å². The minimum Gasteiger partial charge on any atom is -0.505 e. The van der Waals surface area contributed by atoms with Crippen LogP contribution >= 0.6 is 0 Å². The lowest BCUT2D eigenvalue weighted by molar-refractivity contribution is -0.140. The molecule has 0 aliphatic carbocycles. The molecule has 0 fully saturated rings. The van der Waals surface area contributed by atoms with Gasteiger partial charge in [-0.3, -0.25) is 9.59 Å². The minimum atomic E-state index is -0.752. The molecule has 2 amide bonds. The summed E-state index contributed by atoms with van der Waals surface area (Å²) < 4.78 is 0. The fourth-order valence-corrected chi connectivity index (χ4v) is 4.08. The van der Waals surface area contributed by atoms with Gasteiger partial charge in [0.15, 0.2) is 0 Å². The molecule has 3 rings (SSSR count). The van der Waals surface area contributed by atoms with Crippen molar-refractivity contribution in [2.24, 2.45) is 5.41 Å². The van der Waals surface area contributed by atoms with Gasteiger partial charge in [0.1, 0.15) is 22.5 Å². The largest absolute Gasteiger partial charge is 0.505 e. The molecule has 1 heterocycles. The third-order valence-electron chi connectivity index (χ3n) is 4.89.